The van der Waals surface area contributed by atoms with Gasteiger partial charge >= 0.3 is 37.5 Å². The second-order valence-electron chi connectivity index (χ2n) is 0.473. The monoisotopic (exact) mass is 182 g/mol. The van der Waals surface area contributed by atoms with E-state index in [1.54, 1.807) is 0 Å². The van der Waals surface area contributed by atoms with Crippen molar-refractivity contribution in [1.29, 1.82) is 0 Å². The quantitative estimate of drug-likeness (QED) is 0.389. The molecule has 7 heteroatoms. The van der Waals surface area contributed by atoms with E-state index in [1.165, 1.54) is 0 Å². The fraction of sp³-hybridized carbons (Fsp3) is 0. The molecule has 44 valence electrons. The van der Waals surface area contributed by atoms with Crippen molar-refractivity contribution >= 4 is 37.5 Å². The molecule has 3 nitrogen and oxygen atoms in total. The maximum Gasteiger partial charge on any atom is 0 e. The largest absolute Gasteiger partial charge is 0 e. The Morgan fingerprint density at radius 2 is 1.43 bits per heavy atom. The molecule has 0 saturated heterocycles. The molecule has 0 aliphatic carbocycles. The summed E-state index contributed by atoms with van der Waals surface area (Å²) in [7, 11) is -5.14. The molecule has 7 heavy (non-hydrogen) atoms. The van der Waals surface area contributed by atoms with Gasteiger partial charge in [-0.05, 0) is 0 Å². The Labute approximate surface area is 72.2 Å². The summed E-state index contributed by atoms with van der Waals surface area (Å²) in [6.07, 6.45) is 0. The van der Waals surface area contributed by atoms with Crippen molar-refractivity contribution < 1.29 is 35.0 Å². The third-order valence-corrected chi connectivity index (χ3v) is 0. The molecule has 0 rings (SSSR count). The van der Waals surface area contributed by atoms with Crippen molar-refractivity contribution in [2.45, 2.75) is 0 Å². The van der Waals surface area contributed by atoms with Crippen LogP contribution in [0.4, 0.5) is 4.20 Å². The van der Waals surface area contributed by atoms with Gasteiger partial charge in [-0.15, -0.1) is 4.20 Å². The van der Waals surface area contributed by atoms with Gasteiger partial charge in [0.25, 0.3) is 0 Å². The molecule has 2 N–H and O–H groups in total. The minimum Gasteiger partial charge on any atom is 0 e. The Bertz CT molecular complexity index is 61.1. The van der Waals surface area contributed by atoms with Gasteiger partial charge in [-0.3, -0.25) is 9.79 Å². The molecule has 0 atom stereocenters. The summed E-state index contributed by atoms with van der Waals surface area (Å²) >= 11 is 0. The maximum absolute atomic E-state index is 10.4. The summed E-state index contributed by atoms with van der Waals surface area (Å²) in [5.74, 6) is 0. The summed E-state index contributed by atoms with van der Waals surface area (Å²) in [4.78, 5) is 13.9. The molecule has 0 unspecified atom stereocenters. The fourth-order valence-corrected chi connectivity index (χ4v) is 0. The van der Waals surface area contributed by atoms with E-state index in [4.69, 9.17) is 14.4 Å². The molecule has 0 aliphatic rings. The normalized spacial score (nSPS) is 8.43. The molecule has 0 spiro atoms. The Kier molecular flexibility index (Phi) is 12.9. The van der Waals surface area contributed by atoms with Crippen LogP contribution in [0.3, 0.4) is 0 Å². The van der Waals surface area contributed by atoms with Crippen molar-refractivity contribution in [2.24, 2.45) is 0 Å². The van der Waals surface area contributed by atoms with E-state index in [0.29, 0.717) is 0 Å². The summed E-state index contributed by atoms with van der Waals surface area (Å²) in [5.41, 5.74) is 0. The van der Waals surface area contributed by atoms with E-state index in [0.717, 1.165) is 0 Å². The second-order valence-corrected chi connectivity index (χ2v) is 1.42. The third-order valence-electron chi connectivity index (χ3n) is 0. The Hall–Kier alpha value is 1.57. The zero-order valence-corrected chi connectivity index (χ0v) is 4.33. The summed E-state index contributed by atoms with van der Waals surface area (Å²) < 4.78 is 19.0. The van der Waals surface area contributed by atoms with Crippen LogP contribution in [-0.2, 0) is 21.1 Å². The molecular formula is H3FNaNiO3P. The van der Waals surface area contributed by atoms with Crippen LogP contribution in [0.2, 0.25) is 0 Å². The first-order valence-corrected chi connectivity index (χ1v) is 2.25. The molecule has 0 bridgehead atoms. The van der Waals surface area contributed by atoms with Crippen molar-refractivity contribution in [3.8, 4) is 0 Å². The zero-order valence-electron chi connectivity index (χ0n) is 2.44. The SMILES string of the molecule is O=P(O)(O)F.[NaH].[Ni]. The Morgan fingerprint density at radius 1 is 1.43 bits per heavy atom. The van der Waals surface area contributed by atoms with Crippen molar-refractivity contribution in [3.05, 3.63) is 0 Å². The van der Waals surface area contributed by atoms with Crippen LogP contribution in [0, 0.1) is 0 Å². The van der Waals surface area contributed by atoms with Gasteiger partial charge in [0, 0.05) is 16.5 Å². The zero-order chi connectivity index (χ0) is 4.50. The average molecular weight is 183 g/mol. The van der Waals surface area contributed by atoms with Gasteiger partial charge < -0.3 is 0 Å². The first-order valence-electron chi connectivity index (χ1n) is 0.752. The van der Waals surface area contributed by atoms with Gasteiger partial charge in [0.05, 0.1) is 0 Å². The molecule has 0 amide bonds. The number of hydrogen-bond donors (Lipinski definition) is 2. The molecule has 0 aromatic heterocycles. The van der Waals surface area contributed by atoms with Gasteiger partial charge in [0.2, 0.25) is 0 Å². The molecule has 0 saturated carbocycles. The first kappa shape index (κ1) is 15.8. The molecular weight excluding hydrogens is 180 g/mol. The summed E-state index contributed by atoms with van der Waals surface area (Å²) in [6.45, 7) is 0. The third kappa shape index (κ3) is 95.0. The predicted molar refractivity (Wildman–Crippen MR) is 20.3 cm³/mol. The van der Waals surface area contributed by atoms with Crippen LogP contribution in [0.15, 0.2) is 0 Å². The van der Waals surface area contributed by atoms with Crippen LogP contribution in [-0.4, -0.2) is 39.3 Å². The minimum absolute atomic E-state index is 0. The van der Waals surface area contributed by atoms with E-state index < -0.39 is 7.91 Å². The predicted octanol–water partition coefficient (Wildman–Crippen LogP) is -0.602. The van der Waals surface area contributed by atoms with E-state index in [2.05, 4.69) is 0 Å². The second kappa shape index (κ2) is 5.71. The molecule has 0 aromatic carbocycles. The van der Waals surface area contributed by atoms with Crippen LogP contribution in [0.25, 0.3) is 0 Å². The van der Waals surface area contributed by atoms with E-state index in [-0.39, 0.29) is 46.0 Å². The summed E-state index contributed by atoms with van der Waals surface area (Å²) in [5, 5.41) is 0. The smallest absolute Gasteiger partial charge is 0 e. The van der Waals surface area contributed by atoms with Crippen LogP contribution < -0.4 is 0 Å². The molecule has 0 aliphatic heterocycles. The first-order chi connectivity index (χ1) is 2.00. The van der Waals surface area contributed by atoms with Gasteiger partial charge in [0.1, 0.15) is 0 Å². The molecule has 0 fully saturated rings. The van der Waals surface area contributed by atoms with Crippen LogP contribution >= 0.6 is 7.91 Å². The van der Waals surface area contributed by atoms with E-state index >= 15 is 0 Å². The number of halogens is 1. The van der Waals surface area contributed by atoms with Gasteiger partial charge in [-0.25, -0.2) is 4.57 Å². The molecule has 0 radical (unpaired) electrons. The van der Waals surface area contributed by atoms with Crippen molar-refractivity contribution in [3.63, 3.8) is 0 Å². The average Bonchev–Trinajstić information content (AvgIpc) is 0.722. The number of hydrogen-bond acceptors (Lipinski definition) is 1. The standard InChI is InChI=1S/FH2O3P.Na.Ni.H/c1-5(2,3)4;;;/h(H2,2,3,4);;;. The summed E-state index contributed by atoms with van der Waals surface area (Å²) in [6, 6.07) is 0. The Morgan fingerprint density at radius 3 is 1.43 bits per heavy atom. The molecule has 0 aromatic rings. The van der Waals surface area contributed by atoms with Gasteiger partial charge in [0.15, 0.2) is 0 Å². The molecule has 0 heterocycles. The number of rotatable bonds is 0. The van der Waals surface area contributed by atoms with Crippen LogP contribution in [0.5, 0.6) is 0 Å². The topological polar surface area (TPSA) is 57.5 Å². The Balaban J connectivity index is -0.0000000800. The minimum atomic E-state index is -5.14. The van der Waals surface area contributed by atoms with Gasteiger partial charge in [-0.2, -0.15) is 0 Å². The van der Waals surface area contributed by atoms with Gasteiger partial charge in [-0.1, -0.05) is 0 Å². The van der Waals surface area contributed by atoms with E-state index in [1.807, 2.05) is 0 Å². The van der Waals surface area contributed by atoms with Crippen molar-refractivity contribution in [1.82, 2.24) is 0 Å². The van der Waals surface area contributed by atoms with Crippen molar-refractivity contribution in [2.75, 3.05) is 0 Å². The van der Waals surface area contributed by atoms with E-state index in [9.17, 15) is 4.20 Å². The van der Waals surface area contributed by atoms with Crippen LogP contribution in [0.1, 0.15) is 0 Å². The maximum atomic E-state index is 10.4. The fourth-order valence-electron chi connectivity index (χ4n) is 0.